The van der Waals surface area contributed by atoms with Gasteiger partial charge >= 0.3 is 0 Å². The molecule has 5 nitrogen and oxygen atoms in total. The molecule has 1 aromatic rings. The summed E-state index contributed by atoms with van der Waals surface area (Å²) in [5, 5.41) is 10.7. The molecule has 0 unspecified atom stereocenters. The monoisotopic (exact) mass is 236 g/mol. The number of nitro groups is 1. The van der Waals surface area contributed by atoms with Crippen LogP contribution in [0.15, 0.2) is 18.2 Å². The fourth-order valence-corrected chi connectivity index (χ4v) is 1.69. The Kier molecular flexibility index (Phi) is 4.20. The smallest absolute Gasteiger partial charge is 0.270 e. The van der Waals surface area contributed by atoms with Gasteiger partial charge < -0.3 is 4.90 Å². The number of carbonyl (C=O) groups excluding carboxylic acids is 1. The highest BCUT2D eigenvalue weighted by Crippen LogP contribution is 2.18. The Labute approximate surface area is 100 Å². The number of carbonyl (C=O) groups is 1. The van der Waals surface area contributed by atoms with Gasteiger partial charge in [-0.2, -0.15) is 0 Å². The van der Waals surface area contributed by atoms with Gasteiger partial charge in [0.15, 0.2) is 0 Å². The van der Waals surface area contributed by atoms with E-state index in [4.69, 9.17) is 0 Å². The van der Waals surface area contributed by atoms with Gasteiger partial charge in [0.25, 0.3) is 11.6 Å². The third kappa shape index (κ3) is 3.03. The minimum absolute atomic E-state index is 0.0412. The lowest BCUT2D eigenvalue weighted by molar-refractivity contribution is -0.384. The van der Waals surface area contributed by atoms with E-state index in [9.17, 15) is 14.9 Å². The van der Waals surface area contributed by atoms with Gasteiger partial charge in [0.05, 0.1) is 4.92 Å². The third-order valence-corrected chi connectivity index (χ3v) is 2.57. The molecule has 0 saturated carbocycles. The number of aryl methyl sites for hydroxylation is 1. The molecule has 17 heavy (non-hydrogen) atoms. The van der Waals surface area contributed by atoms with Crippen molar-refractivity contribution in [1.29, 1.82) is 0 Å². The van der Waals surface area contributed by atoms with Gasteiger partial charge in [-0.3, -0.25) is 14.9 Å². The Morgan fingerprint density at radius 1 is 1.29 bits per heavy atom. The van der Waals surface area contributed by atoms with E-state index in [-0.39, 0.29) is 11.6 Å². The molecule has 1 amide bonds. The van der Waals surface area contributed by atoms with E-state index >= 15 is 0 Å². The molecule has 92 valence electrons. The summed E-state index contributed by atoms with van der Waals surface area (Å²) in [4.78, 5) is 23.9. The average Bonchev–Trinajstić information content (AvgIpc) is 2.29. The van der Waals surface area contributed by atoms with E-state index in [2.05, 4.69) is 0 Å². The number of amides is 1. The lowest BCUT2D eigenvalue weighted by atomic mass is 10.1. The molecule has 0 aliphatic heterocycles. The van der Waals surface area contributed by atoms with Crippen molar-refractivity contribution in [2.45, 2.75) is 20.8 Å². The average molecular weight is 236 g/mol. The van der Waals surface area contributed by atoms with Crippen molar-refractivity contribution in [3.63, 3.8) is 0 Å². The second kappa shape index (κ2) is 5.43. The third-order valence-electron chi connectivity index (χ3n) is 2.57. The highest BCUT2D eigenvalue weighted by atomic mass is 16.6. The molecule has 0 aliphatic carbocycles. The lowest BCUT2D eigenvalue weighted by Crippen LogP contribution is -2.30. The molecule has 0 fully saturated rings. The molecule has 0 radical (unpaired) electrons. The SMILES string of the molecule is CCN(CC)C(=O)c1cc(C)cc([N+](=O)[O-])c1. The maximum Gasteiger partial charge on any atom is 0.270 e. The number of benzene rings is 1. The molecule has 0 spiro atoms. The van der Waals surface area contributed by atoms with Gasteiger partial charge in [0, 0.05) is 30.8 Å². The van der Waals surface area contributed by atoms with Crippen LogP contribution in [0.5, 0.6) is 0 Å². The van der Waals surface area contributed by atoms with Gasteiger partial charge in [0.2, 0.25) is 0 Å². The summed E-state index contributed by atoms with van der Waals surface area (Å²) in [6.45, 7) is 6.69. The summed E-state index contributed by atoms with van der Waals surface area (Å²) < 4.78 is 0. The van der Waals surface area contributed by atoms with Crippen LogP contribution >= 0.6 is 0 Å². The van der Waals surface area contributed by atoms with E-state index in [1.807, 2.05) is 13.8 Å². The van der Waals surface area contributed by atoms with Crippen molar-refractivity contribution in [3.05, 3.63) is 39.4 Å². The summed E-state index contributed by atoms with van der Waals surface area (Å²) >= 11 is 0. The molecule has 0 aromatic heterocycles. The first-order valence-corrected chi connectivity index (χ1v) is 5.55. The second-order valence-electron chi connectivity index (χ2n) is 3.79. The first-order chi connectivity index (χ1) is 7.99. The fourth-order valence-electron chi connectivity index (χ4n) is 1.69. The number of non-ortho nitro benzene ring substituents is 1. The number of hydrogen-bond donors (Lipinski definition) is 0. The Hall–Kier alpha value is -1.91. The van der Waals surface area contributed by atoms with Crippen molar-refractivity contribution in [2.24, 2.45) is 0 Å². The van der Waals surface area contributed by atoms with Crippen LogP contribution < -0.4 is 0 Å². The molecular weight excluding hydrogens is 220 g/mol. The topological polar surface area (TPSA) is 63.5 Å². The highest BCUT2D eigenvalue weighted by molar-refractivity contribution is 5.95. The maximum atomic E-state index is 12.0. The Bertz CT molecular complexity index is 439. The summed E-state index contributed by atoms with van der Waals surface area (Å²) in [5.41, 5.74) is 1.05. The maximum absolute atomic E-state index is 12.0. The largest absolute Gasteiger partial charge is 0.339 e. The van der Waals surface area contributed by atoms with Crippen molar-refractivity contribution in [3.8, 4) is 0 Å². The zero-order valence-electron chi connectivity index (χ0n) is 10.3. The molecule has 5 heteroatoms. The second-order valence-corrected chi connectivity index (χ2v) is 3.79. The predicted molar refractivity (Wildman–Crippen MR) is 65.1 cm³/mol. The standard InChI is InChI=1S/C12H16N2O3/c1-4-13(5-2)12(15)10-6-9(3)7-11(8-10)14(16)17/h6-8H,4-5H2,1-3H3. The van der Waals surface area contributed by atoms with Crippen LogP contribution in [0, 0.1) is 17.0 Å². The number of nitro benzene ring substituents is 1. The minimum atomic E-state index is -0.480. The van der Waals surface area contributed by atoms with Crippen LogP contribution in [0.25, 0.3) is 0 Å². The highest BCUT2D eigenvalue weighted by Gasteiger charge is 2.16. The van der Waals surface area contributed by atoms with E-state index in [1.54, 1.807) is 17.9 Å². The first kappa shape index (κ1) is 13.2. The van der Waals surface area contributed by atoms with E-state index in [1.165, 1.54) is 12.1 Å². The molecule has 0 N–H and O–H groups in total. The molecular formula is C12H16N2O3. The van der Waals surface area contributed by atoms with Gasteiger partial charge in [-0.25, -0.2) is 0 Å². The summed E-state index contributed by atoms with van der Waals surface area (Å²) in [7, 11) is 0. The molecule has 0 atom stereocenters. The van der Waals surface area contributed by atoms with Crippen LogP contribution in [-0.4, -0.2) is 28.8 Å². The van der Waals surface area contributed by atoms with E-state index in [0.29, 0.717) is 18.7 Å². The zero-order chi connectivity index (χ0) is 13.0. The molecule has 0 aliphatic rings. The van der Waals surface area contributed by atoms with Crippen LogP contribution in [-0.2, 0) is 0 Å². The van der Waals surface area contributed by atoms with Crippen LogP contribution in [0.4, 0.5) is 5.69 Å². The number of nitrogens with zero attached hydrogens (tertiary/aromatic N) is 2. The molecule has 1 rings (SSSR count). The Balaban J connectivity index is 3.13. The van der Waals surface area contributed by atoms with Crippen LogP contribution in [0.3, 0.4) is 0 Å². The molecule has 0 saturated heterocycles. The summed E-state index contributed by atoms with van der Waals surface area (Å²) in [6, 6.07) is 4.46. The van der Waals surface area contributed by atoms with Crippen molar-refractivity contribution in [2.75, 3.05) is 13.1 Å². The van der Waals surface area contributed by atoms with Crippen LogP contribution in [0.1, 0.15) is 29.8 Å². The molecule has 1 aromatic carbocycles. The van der Waals surface area contributed by atoms with Crippen molar-refractivity contribution < 1.29 is 9.72 Å². The minimum Gasteiger partial charge on any atom is -0.339 e. The summed E-state index contributed by atoms with van der Waals surface area (Å²) in [5.74, 6) is -0.165. The lowest BCUT2D eigenvalue weighted by Gasteiger charge is -2.18. The quantitative estimate of drug-likeness (QED) is 0.595. The van der Waals surface area contributed by atoms with Crippen molar-refractivity contribution in [1.82, 2.24) is 4.90 Å². The van der Waals surface area contributed by atoms with Crippen molar-refractivity contribution >= 4 is 11.6 Å². The normalized spacial score (nSPS) is 10.1. The number of rotatable bonds is 4. The van der Waals surface area contributed by atoms with Gasteiger partial charge in [-0.1, -0.05) is 0 Å². The summed E-state index contributed by atoms with van der Waals surface area (Å²) in [6.07, 6.45) is 0. The predicted octanol–water partition coefficient (Wildman–Crippen LogP) is 2.39. The first-order valence-electron chi connectivity index (χ1n) is 5.55. The fraction of sp³-hybridized carbons (Fsp3) is 0.417. The Morgan fingerprint density at radius 3 is 2.35 bits per heavy atom. The molecule has 0 bridgehead atoms. The zero-order valence-corrected chi connectivity index (χ0v) is 10.3. The Morgan fingerprint density at radius 2 is 1.88 bits per heavy atom. The molecule has 0 heterocycles. The number of hydrogen-bond acceptors (Lipinski definition) is 3. The van der Waals surface area contributed by atoms with Gasteiger partial charge in [-0.05, 0) is 32.4 Å². The van der Waals surface area contributed by atoms with Gasteiger partial charge in [0.1, 0.15) is 0 Å². The van der Waals surface area contributed by atoms with E-state index < -0.39 is 4.92 Å². The van der Waals surface area contributed by atoms with Crippen LogP contribution in [0.2, 0.25) is 0 Å². The van der Waals surface area contributed by atoms with Gasteiger partial charge in [-0.15, -0.1) is 0 Å². The van der Waals surface area contributed by atoms with E-state index in [0.717, 1.165) is 5.56 Å².